The van der Waals surface area contributed by atoms with Gasteiger partial charge in [-0.1, -0.05) is 52.9 Å². The summed E-state index contributed by atoms with van der Waals surface area (Å²) in [5, 5.41) is 0. The van der Waals surface area contributed by atoms with E-state index >= 15 is 0 Å². The van der Waals surface area contributed by atoms with E-state index in [-0.39, 0.29) is 6.10 Å². The van der Waals surface area contributed by atoms with E-state index in [2.05, 4.69) is 47.9 Å². The van der Waals surface area contributed by atoms with E-state index < -0.39 is 0 Å². The van der Waals surface area contributed by atoms with Crippen LogP contribution in [0.4, 0.5) is 0 Å². The van der Waals surface area contributed by atoms with Gasteiger partial charge in [0.2, 0.25) is 0 Å². The lowest BCUT2D eigenvalue weighted by atomic mass is 10.1. The molecular weight excluding hydrogens is 275 g/mol. The van der Waals surface area contributed by atoms with E-state index in [4.69, 9.17) is 4.74 Å². The van der Waals surface area contributed by atoms with Gasteiger partial charge in [0.05, 0.1) is 6.10 Å². The molecule has 0 saturated heterocycles. The minimum atomic E-state index is 0.247. The Bertz CT molecular complexity index is 207. The summed E-state index contributed by atoms with van der Waals surface area (Å²) in [6.07, 6.45) is 0.247. The number of hydrogen-bond acceptors (Lipinski definition) is 1. The average Bonchev–Trinajstić information content (AvgIpc) is 2.24. The van der Waals surface area contributed by atoms with Gasteiger partial charge in [-0.25, -0.2) is 0 Å². The Morgan fingerprint density at radius 2 is 1.85 bits per heavy atom. The molecule has 0 amide bonds. The lowest BCUT2D eigenvalue weighted by molar-refractivity contribution is 0.126. The molecule has 0 aromatic heterocycles. The van der Waals surface area contributed by atoms with Gasteiger partial charge in [0, 0.05) is 11.5 Å². The molecule has 0 heterocycles. The van der Waals surface area contributed by atoms with Gasteiger partial charge in [-0.05, 0) is 5.56 Å². The van der Waals surface area contributed by atoms with Crippen molar-refractivity contribution in [2.45, 2.75) is 6.10 Å². The second-order valence-corrected chi connectivity index (χ2v) is 3.17. The molecule has 1 rings (SSSR count). The highest BCUT2D eigenvalue weighted by atomic mass is 127. The van der Waals surface area contributed by atoms with Crippen molar-refractivity contribution in [3.63, 3.8) is 0 Å². The van der Waals surface area contributed by atoms with Gasteiger partial charge >= 0.3 is 0 Å². The Kier molecular flexibility index (Phi) is 8.04. The van der Waals surface area contributed by atoms with Crippen LogP contribution in [0.2, 0.25) is 0 Å². The van der Waals surface area contributed by atoms with Crippen LogP contribution in [-0.2, 0) is 4.74 Å². The minimum absolute atomic E-state index is 0.247. The van der Waals surface area contributed by atoms with Gasteiger partial charge in [-0.2, -0.15) is 0 Å². The minimum Gasteiger partial charge on any atom is -0.376 e. The SMILES string of the molecule is C=C.COC(CI)c1ccccc1. The Labute approximate surface area is 93.9 Å². The third-order valence-electron chi connectivity index (χ3n) is 1.60. The largest absolute Gasteiger partial charge is 0.376 e. The molecule has 1 nitrogen and oxygen atoms in total. The molecule has 1 aromatic carbocycles. The van der Waals surface area contributed by atoms with Crippen molar-refractivity contribution in [1.82, 2.24) is 0 Å². The summed E-state index contributed by atoms with van der Waals surface area (Å²) in [4.78, 5) is 0. The van der Waals surface area contributed by atoms with Crippen LogP contribution in [0, 0.1) is 0 Å². The summed E-state index contributed by atoms with van der Waals surface area (Å²) in [6, 6.07) is 10.3. The van der Waals surface area contributed by atoms with Crippen molar-refractivity contribution in [3.8, 4) is 0 Å². The zero-order valence-electron chi connectivity index (χ0n) is 7.87. The summed E-state index contributed by atoms with van der Waals surface area (Å²) >= 11 is 2.33. The van der Waals surface area contributed by atoms with Gasteiger partial charge in [0.1, 0.15) is 0 Å². The normalized spacial score (nSPS) is 11.2. The molecule has 0 aliphatic heterocycles. The molecule has 0 saturated carbocycles. The summed E-state index contributed by atoms with van der Waals surface area (Å²) in [7, 11) is 1.75. The van der Waals surface area contributed by atoms with Crippen LogP contribution < -0.4 is 0 Å². The molecule has 1 unspecified atom stereocenters. The number of hydrogen-bond donors (Lipinski definition) is 0. The van der Waals surface area contributed by atoms with Crippen LogP contribution in [0.5, 0.6) is 0 Å². The number of rotatable bonds is 3. The Morgan fingerprint density at radius 1 is 1.31 bits per heavy atom. The molecule has 0 fully saturated rings. The smallest absolute Gasteiger partial charge is 0.0910 e. The first-order valence-electron chi connectivity index (χ1n) is 4.02. The summed E-state index contributed by atoms with van der Waals surface area (Å²) in [5.74, 6) is 0. The molecule has 0 aliphatic carbocycles. The maximum Gasteiger partial charge on any atom is 0.0910 e. The van der Waals surface area contributed by atoms with Gasteiger partial charge < -0.3 is 4.74 Å². The van der Waals surface area contributed by atoms with E-state index in [9.17, 15) is 0 Å². The number of alkyl halides is 1. The fourth-order valence-electron chi connectivity index (χ4n) is 0.956. The van der Waals surface area contributed by atoms with Gasteiger partial charge in [-0.3, -0.25) is 0 Å². The predicted octanol–water partition coefficient (Wildman–Crippen LogP) is 3.61. The summed E-state index contributed by atoms with van der Waals surface area (Å²) < 4.78 is 6.28. The van der Waals surface area contributed by atoms with E-state index in [1.165, 1.54) is 5.56 Å². The van der Waals surface area contributed by atoms with Crippen molar-refractivity contribution in [2.24, 2.45) is 0 Å². The molecule has 72 valence electrons. The highest BCUT2D eigenvalue weighted by molar-refractivity contribution is 14.1. The third-order valence-corrected chi connectivity index (χ3v) is 2.40. The van der Waals surface area contributed by atoms with Crippen LogP contribution in [0.15, 0.2) is 43.5 Å². The number of methoxy groups -OCH3 is 1. The first kappa shape index (κ1) is 12.7. The molecule has 0 aliphatic rings. The van der Waals surface area contributed by atoms with Crippen molar-refractivity contribution >= 4 is 22.6 Å². The quantitative estimate of drug-likeness (QED) is 0.469. The third kappa shape index (κ3) is 4.43. The summed E-state index contributed by atoms with van der Waals surface area (Å²) in [5.41, 5.74) is 1.25. The Hall–Kier alpha value is -0.350. The number of benzene rings is 1. The fourth-order valence-corrected chi connectivity index (χ4v) is 1.82. The van der Waals surface area contributed by atoms with E-state index in [0.717, 1.165) is 4.43 Å². The van der Waals surface area contributed by atoms with Gasteiger partial charge in [0.15, 0.2) is 0 Å². The number of halogens is 1. The second-order valence-electron chi connectivity index (χ2n) is 2.29. The highest BCUT2D eigenvalue weighted by Gasteiger charge is 2.05. The van der Waals surface area contributed by atoms with Crippen molar-refractivity contribution in [3.05, 3.63) is 49.1 Å². The average molecular weight is 290 g/mol. The summed E-state index contributed by atoms with van der Waals surface area (Å²) in [6.45, 7) is 6.00. The van der Waals surface area contributed by atoms with E-state index in [1.54, 1.807) is 7.11 Å². The van der Waals surface area contributed by atoms with Crippen molar-refractivity contribution in [1.29, 1.82) is 0 Å². The predicted molar refractivity (Wildman–Crippen MR) is 66.3 cm³/mol. The van der Waals surface area contributed by atoms with Gasteiger partial charge in [-0.15, -0.1) is 13.2 Å². The molecule has 0 spiro atoms. The molecule has 2 heteroatoms. The standard InChI is InChI=1S/C9H11IO.C2H4/c1-11-9(7-10)8-5-3-2-4-6-8;1-2/h2-6,9H,7H2,1H3;1-2H2. The monoisotopic (exact) mass is 290 g/mol. The second kappa shape index (κ2) is 8.26. The highest BCUT2D eigenvalue weighted by Crippen LogP contribution is 2.17. The van der Waals surface area contributed by atoms with Crippen LogP contribution in [-0.4, -0.2) is 11.5 Å². The number of ether oxygens (including phenoxy) is 1. The lowest BCUT2D eigenvalue weighted by Crippen LogP contribution is -2.01. The Balaban J connectivity index is 0.000000671. The zero-order chi connectivity index (χ0) is 10.1. The molecule has 0 radical (unpaired) electrons. The molecule has 13 heavy (non-hydrogen) atoms. The Morgan fingerprint density at radius 3 is 2.23 bits per heavy atom. The topological polar surface area (TPSA) is 9.23 Å². The fraction of sp³-hybridized carbons (Fsp3) is 0.273. The first-order valence-corrected chi connectivity index (χ1v) is 5.54. The lowest BCUT2D eigenvalue weighted by Gasteiger charge is -2.11. The molecule has 0 bridgehead atoms. The molecule has 0 N–H and O–H groups in total. The molecule has 1 aromatic rings. The van der Waals surface area contributed by atoms with Crippen LogP contribution in [0.3, 0.4) is 0 Å². The molecular formula is C11H15IO. The van der Waals surface area contributed by atoms with Crippen molar-refractivity contribution in [2.75, 3.05) is 11.5 Å². The maximum atomic E-state index is 5.28. The maximum absolute atomic E-state index is 5.28. The van der Waals surface area contributed by atoms with Crippen LogP contribution >= 0.6 is 22.6 Å². The zero-order valence-corrected chi connectivity index (χ0v) is 10.0. The van der Waals surface area contributed by atoms with E-state index in [0.29, 0.717) is 0 Å². The van der Waals surface area contributed by atoms with Gasteiger partial charge in [0.25, 0.3) is 0 Å². The van der Waals surface area contributed by atoms with Crippen LogP contribution in [0.25, 0.3) is 0 Å². The van der Waals surface area contributed by atoms with E-state index in [1.807, 2.05) is 18.2 Å². The first-order chi connectivity index (χ1) is 6.38. The van der Waals surface area contributed by atoms with Crippen LogP contribution in [0.1, 0.15) is 11.7 Å². The molecule has 1 atom stereocenters. The van der Waals surface area contributed by atoms with Crippen molar-refractivity contribution < 1.29 is 4.74 Å².